The highest BCUT2D eigenvalue weighted by Crippen LogP contribution is 2.10. The number of urea groups is 3. The average Bonchev–Trinajstić information content (AvgIpc) is 2.61. The SMILES string of the molecule is Cc1ccc(S(=O)(=O)NC(=O)NC(=O)NC(=O)NS(=O)(=O)c2ccc(C)cc2)cc1. The minimum Gasteiger partial charge on any atom is -0.259 e. The molecule has 0 bridgehead atoms. The lowest BCUT2D eigenvalue weighted by Gasteiger charge is -2.10. The molecule has 160 valence electrons. The molecular weight excluding hydrogens is 436 g/mol. The summed E-state index contributed by atoms with van der Waals surface area (Å²) in [7, 11) is -8.51. The standard InChI is InChI=1S/C17H18N4O7S2/c1-11-3-7-13(8-4-11)29(25,26)20-16(23)18-15(22)19-17(24)21-30(27,28)14-9-5-12(2)6-10-14/h3-10H,1-2H3,(H4,18,19,20,21,22,23,24). The fraction of sp³-hybridized carbons (Fsp3) is 0.118. The molecule has 0 aliphatic heterocycles. The van der Waals surface area contributed by atoms with Gasteiger partial charge < -0.3 is 0 Å². The van der Waals surface area contributed by atoms with Crippen molar-refractivity contribution in [3.8, 4) is 0 Å². The van der Waals surface area contributed by atoms with Gasteiger partial charge in [-0.3, -0.25) is 10.6 Å². The third-order valence-electron chi connectivity index (χ3n) is 3.57. The fourth-order valence-electron chi connectivity index (χ4n) is 2.09. The molecule has 0 aliphatic rings. The number of sulfonamides is 2. The van der Waals surface area contributed by atoms with E-state index in [2.05, 4.69) is 0 Å². The summed E-state index contributed by atoms with van der Waals surface area (Å²) >= 11 is 0. The molecule has 4 N–H and O–H groups in total. The Balaban J connectivity index is 1.93. The van der Waals surface area contributed by atoms with Crippen LogP contribution >= 0.6 is 0 Å². The first-order valence-electron chi connectivity index (χ1n) is 8.24. The number of benzene rings is 2. The van der Waals surface area contributed by atoms with Crippen molar-refractivity contribution in [1.82, 2.24) is 20.1 Å². The molecule has 0 aliphatic carbocycles. The van der Waals surface area contributed by atoms with E-state index in [9.17, 15) is 31.2 Å². The Morgan fingerprint density at radius 1 is 0.567 bits per heavy atom. The van der Waals surface area contributed by atoms with Crippen LogP contribution in [0.5, 0.6) is 0 Å². The Bertz CT molecular complexity index is 1080. The normalized spacial score (nSPS) is 11.3. The monoisotopic (exact) mass is 454 g/mol. The van der Waals surface area contributed by atoms with E-state index in [0.717, 1.165) is 11.1 Å². The van der Waals surface area contributed by atoms with E-state index in [1.165, 1.54) is 48.5 Å². The quantitative estimate of drug-likeness (QED) is 0.536. The number of carbonyl (C=O) groups excluding carboxylic acids is 3. The fourth-order valence-corrected chi connectivity index (χ4v) is 3.90. The van der Waals surface area contributed by atoms with E-state index in [0.29, 0.717) is 0 Å². The molecule has 0 saturated carbocycles. The molecular formula is C17H18N4O7S2. The molecule has 2 aromatic carbocycles. The lowest BCUT2D eigenvalue weighted by atomic mass is 10.2. The molecule has 6 amide bonds. The third kappa shape index (κ3) is 6.28. The molecule has 0 saturated heterocycles. The molecule has 30 heavy (non-hydrogen) atoms. The van der Waals surface area contributed by atoms with Crippen molar-refractivity contribution in [2.24, 2.45) is 0 Å². The number of aryl methyl sites for hydroxylation is 2. The van der Waals surface area contributed by atoms with E-state index in [-0.39, 0.29) is 9.79 Å². The topological polar surface area (TPSA) is 168 Å². The zero-order chi connectivity index (χ0) is 22.5. The van der Waals surface area contributed by atoms with E-state index >= 15 is 0 Å². The second-order valence-electron chi connectivity index (χ2n) is 6.07. The summed E-state index contributed by atoms with van der Waals surface area (Å²) in [4.78, 5) is 34.7. The predicted molar refractivity (Wildman–Crippen MR) is 105 cm³/mol. The van der Waals surface area contributed by atoms with E-state index < -0.39 is 38.1 Å². The van der Waals surface area contributed by atoms with Crippen molar-refractivity contribution in [2.75, 3.05) is 0 Å². The van der Waals surface area contributed by atoms with Gasteiger partial charge in [-0.1, -0.05) is 35.4 Å². The Morgan fingerprint density at radius 2 is 0.867 bits per heavy atom. The van der Waals surface area contributed by atoms with Crippen molar-refractivity contribution in [3.05, 3.63) is 59.7 Å². The smallest absolute Gasteiger partial charge is 0.259 e. The highest BCUT2D eigenvalue weighted by Gasteiger charge is 2.22. The lowest BCUT2D eigenvalue weighted by molar-refractivity contribution is 0.225. The van der Waals surface area contributed by atoms with Crippen molar-refractivity contribution >= 4 is 38.1 Å². The molecule has 0 unspecified atom stereocenters. The van der Waals surface area contributed by atoms with Crippen LogP contribution in [-0.2, 0) is 20.0 Å². The van der Waals surface area contributed by atoms with Gasteiger partial charge in [-0.05, 0) is 38.1 Å². The Labute approximate surface area is 173 Å². The number of hydrogen-bond acceptors (Lipinski definition) is 7. The van der Waals surface area contributed by atoms with Gasteiger partial charge >= 0.3 is 18.1 Å². The van der Waals surface area contributed by atoms with Gasteiger partial charge in [0.15, 0.2) is 0 Å². The maximum Gasteiger partial charge on any atom is 0.336 e. The third-order valence-corrected chi connectivity index (χ3v) is 6.26. The Kier molecular flexibility index (Phi) is 6.79. The highest BCUT2D eigenvalue weighted by molar-refractivity contribution is 7.90. The molecule has 0 fully saturated rings. The first kappa shape index (κ1) is 22.8. The van der Waals surface area contributed by atoms with Crippen LogP contribution < -0.4 is 20.1 Å². The Morgan fingerprint density at radius 3 is 1.17 bits per heavy atom. The molecule has 2 aromatic rings. The van der Waals surface area contributed by atoms with Gasteiger partial charge in [-0.2, -0.15) is 0 Å². The zero-order valence-corrected chi connectivity index (χ0v) is 17.4. The molecule has 0 heterocycles. The maximum absolute atomic E-state index is 12.1. The van der Waals surface area contributed by atoms with Crippen LogP contribution in [-0.4, -0.2) is 34.9 Å². The van der Waals surface area contributed by atoms with Gasteiger partial charge in [-0.25, -0.2) is 40.7 Å². The van der Waals surface area contributed by atoms with Crippen LogP contribution in [0.1, 0.15) is 11.1 Å². The first-order chi connectivity index (χ1) is 13.9. The van der Waals surface area contributed by atoms with Crippen LogP contribution in [0.3, 0.4) is 0 Å². The van der Waals surface area contributed by atoms with E-state index in [1.54, 1.807) is 33.9 Å². The number of nitrogens with one attached hydrogen (secondary N) is 4. The van der Waals surface area contributed by atoms with Crippen LogP contribution in [0, 0.1) is 13.8 Å². The van der Waals surface area contributed by atoms with Crippen molar-refractivity contribution in [3.63, 3.8) is 0 Å². The van der Waals surface area contributed by atoms with Gasteiger partial charge in [0, 0.05) is 0 Å². The Hall–Kier alpha value is -3.45. The maximum atomic E-state index is 12.1. The molecule has 0 aromatic heterocycles. The number of hydrogen-bond donors (Lipinski definition) is 4. The summed E-state index contributed by atoms with van der Waals surface area (Å²) in [6, 6.07) is 6.75. The zero-order valence-electron chi connectivity index (χ0n) is 15.8. The summed E-state index contributed by atoms with van der Waals surface area (Å²) in [6.07, 6.45) is 0. The second kappa shape index (κ2) is 8.92. The summed E-state index contributed by atoms with van der Waals surface area (Å²) in [5, 5.41) is 3.09. The molecule has 0 spiro atoms. The van der Waals surface area contributed by atoms with Crippen molar-refractivity contribution < 1.29 is 31.2 Å². The summed E-state index contributed by atoms with van der Waals surface area (Å²) in [6.45, 7) is 3.48. The highest BCUT2D eigenvalue weighted by atomic mass is 32.2. The minimum absolute atomic E-state index is 0.217. The molecule has 13 heteroatoms. The lowest BCUT2D eigenvalue weighted by Crippen LogP contribution is -2.51. The molecule has 0 atom stereocenters. The van der Waals surface area contributed by atoms with Crippen molar-refractivity contribution in [1.29, 1.82) is 0 Å². The second-order valence-corrected chi connectivity index (χ2v) is 9.44. The summed E-state index contributed by atoms with van der Waals surface area (Å²) < 4.78 is 51.4. The number of imide groups is 2. The van der Waals surface area contributed by atoms with E-state index in [4.69, 9.17) is 0 Å². The van der Waals surface area contributed by atoms with Gasteiger partial charge in [-0.15, -0.1) is 0 Å². The average molecular weight is 454 g/mol. The van der Waals surface area contributed by atoms with Crippen LogP contribution in [0.15, 0.2) is 58.3 Å². The van der Waals surface area contributed by atoms with Gasteiger partial charge in [0.05, 0.1) is 9.79 Å². The van der Waals surface area contributed by atoms with Gasteiger partial charge in [0.1, 0.15) is 0 Å². The van der Waals surface area contributed by atoms with Crippen LogP contribution in [0.25, 0.3) is 0 Å². The number of carbonyl (C=O) groups is 3. The van der Waals surface area contributed by atoms with Gasteiger partial charge in [0.25, 0.3) is 20.0 Å². The first-order valence-corrected chi connectivity index (χ1v) is 11.2. The summed E-state index contributed by atoms with van der Waals surface area (Å²) in [5.74, 6) is 0. The largest absolute Gasteiger partial charge is 0.336 e. The molecule has 0 radical (unpaired) electrons. The minimum atomic E-state index is -4.26. The number of amides is 6. The van der Waals surface area contributed by atoms with Crippen molar-refractivity contribution in [2.45, 2.75) is 23.6 Å². The summed E-state index contributed by atoms with van der Waals surface area (Å²) in [5.41, 5.74) is 1.59. The molecule has 2 rings (SSSR count). The van der Waals surface area contributed by atoms with Crippen LogP contribution in [0.2, 0.25) is 0 Å². The van der Waals surface area contributed by atoms with E-state index in [1.807, 2.05) is 0 Å². The van der Waals surface area contributed by atoms with Gasteiger partial charge in [0.2, 0.25) is 0 Å². The van der Waals surface area contributed by atoms with Crippen LogP contribution in [0.4, 0.5) is 14.4 Å². The molecule has 11 nitrogen and oxygen atoms in total. The predicted octanol–water partition coefficient (Wildman–Crippen LogP) is 1.10. The number of rotatable bonds is 4.